The van der Waals surface area contributed by atoms with E-state index in [0.29, 0.717) is 18.2 Å². The number of aromatic nitrogens is 1. The van der Waals surface area contributed by atoms with Crippen LogP contribution in [0, 0.1) is 19.8 Å². The van der Waals surface area contributed by atoms with Crippen LogP contribution in [0.1, 0.15) is 35.6 Å². The van der Waals surface area contributed by atoms with Crippen molar-refractivity contribution in [3.63, 3.8) is 0 Å². The molecular formula is C28H33N5O2. The lowest BCUT2D eigenvalue weighted by atomic mass is 9.95. The third-order valence-corrected chi connectivity index (χ3v) is 6.55. The molecule has 7 nitrogen and oxygen atoms in total. The fourth-order valence-corrected chi connectivity index (χ4v) is 4.43. The second-order valence-electron chi connectivity index (χ2n) is 9.14. The van der Waals surface area contributed by atoms with Gasteiger partial charge in [-0.05, 0) is 68.0 Å². The molecule has 182 valence electrons. The van der Waals surface area contributed by atoms with E-state index in [4.69, 9.17) is 0 Å². The summed E-state index contributed by atoms with van der Waals surface area (Å²) in [5.41, 5.74) is 4.72. The van der Waals surface area contributed by atoms with Crippen LogP contribution in [0.15, 0.2) is 73.1 Å². The summed E-state index contributed by atoms with van der Waals surface area (Å²) in [4.78, 5) is 32.5. The van der Waals surface area contributed by atoms with Crippen LogP contribution in [0.2, 0.25) is 0 Å². The van der Waals surface area contributed by atoms with Gasteiger partial charge in [-0.15, -0.1) is 0 Å². The van der Waals surface area contributed by atoms with Crippen molar-refractivity contribution < 1.29 is 9.59 Å². The maximum absolute atomic E-state index is 13.3. The minimum atomic E-state index is -0.779. The topological polar surface area (TPSA) is 86.4 Å². The highest BCUT2D eigenvalue weighted by Crippen LogP contribution is 2.23. The van der Waals surface area contributed by atoms with Crippen LogP contribution >= 0.6 is 0 Å². The van der Waals surface area contributed by atoms with Gasteiger partial charge in [0.2, 0.25) is 5.91 Å². The zero-order valence-electron chi connectivity index (χ0n) is 20.3. The van der Waals surface area contributed by atoms with Crippen molar-refractivity contribution in [3.05, 3.63) is 89.7 Å². The number of carbonyl (C=O) groups excluding carboxylic acids is 2. The summed E-state index contributed by atoms with van der Waals surface area (Å²) in [7, 11) is 0. The molecule has 2 aromatic carbocycles. The van der Waals surface area contributed by atoms with Crippen molar-refractivity contribution in [1.82, 2.24) is 15.6 Å². The smallest absolute Gasteiger partial charge is 0.320 e. The van der Waals surface area contributed by atoms with E-state index in [1.54, 1.807) is 0 Å². The molecule has 0 bridgehead atoms. The Bertz CT molecular complexity index is 1130. The molecule has 1 aliphatic rings. The average Bonchev–Trinajstić information content (AvgIpc) is 2.88. The molecule has 3 aromatic rings. The van der Waals surface area contributed by atoms with E-state index in [1.807, 2.05) is 86.9 Å². The van der Waals surface area contributed by atoms with Crippen LogP contribution in [-0.4, -0.2) is 36.6 Å². The first kappa shape index (κ1) is 24.3. The number of piperidine rings is 1. The largest absolute Gasteiger partial charge is 0.371 e. The van der Waals surface area contributed by atoms with E-state index in [9.17, 15) is 9.59 Å². The van der Waals surface area contributed by atoms with E-state index < -0.39 is 12.1 Å². The monoisotopic (exact) mass is 471 g/mol. The lowest BCUT2D eigenvalue weighted by molar-refractivity contribution is -0.123. The maximum Gasteiger partial charge on any atom is 0.320 e. The Labute approximate surface area is 207 Å². The second kappa shape index (κ2) is 11.5. The number of rotatable bonds is 7. The van der Waals surface area contributed by atoms with Gasteiger partial charge in [0, 0.05) is 43.4 Å². The summed E-state index contributed by atoms with van der Waals surface area (Å²) >= 11 is 0. The number of hydrogen-bond donors (Lipinski definition) is 3. The maximum atomic E-state index is 13.3. The fourth-order valence-electron chi connectivity index (χ4n) is 4.43. The molecule has 1 aromatic heterocycles. The van der Waals surface area contributed by atoms with E-state index in [0.717, 1.165) is 42.6 Å². The number of anilines is 2. The molecule has 1 aliphatic heterocycles. The Morgan fingerprint density at radius 1 is 0.971 bits per heavy atom. The van der Waals surface area contributed by atoms with Gasteiger partial charge in [0.05, 0.1) is 0 Å². The molecule has 3 N–H and O–H groups in total. The number of nitrogens with one attached hydrogen (secondary N) is 3. The number of benzene rings is 2. The van der Waals surface area contributed by atoms with Crippen molar-refractivity contribution in [1.29, 1.82) is 0 Å². The van der Waals surface area contributed by atoms with Crippen LogP contribution in [0.4, 0.5) is 16.2 Å². The molecule has 35 heavy (non-hydrogen) atoms. The van der Waals surface area contributed by atoms with Crippen molar-refractivity contribution in [3.8, 4) is 0 Å². The van der Waals surface area contributed by atoms with Gasteiger partial charge in [-0.25, -0.2) is 4.79 Å². The fraction of sp³-hybridized carbons (Fsp3) is 0.321. The molecule has 0 spiro atoms. The molecule has 0 saturated carbocycles. The first-order chi connectivity index (χ1) is 17.0. The van der Waals surface area contributed by atoms with Crippen LogP contribution in [0.25, 0.3) is 0 Å². The zero-order valence-corrected chi connectivity index (χ0v) is 20.3. The third-order valence-electron chi connectivity index (χ3n) is 6.55. The standard InChI is InChI=1S/C28H33N5O2/c1-20-7-9-23(10-8-20)31-28(35)32-26(25-6-4-3-5-21(25)2)27(34)30-19-22-13-17-33(18-14-22)24-11-15-29-16-12-24/h3-12,15-16,22,26H,13-14,17-19H2,1-2H3,(H,30,34)(H2,31,32,35). The van der Waals surface area contributed by atoms with Gasteiger partial charge in [-0.1, -0.05) is 42.0 Å². The summed E-state index contributed by atoms with van der Waals surface area (Å²) in [6.07, 6.45) is 5.63. The minimum Gasteiger partial charge on any atom is -0.371 e. The van der Waals surface area contributed by atoms with E-state index in [-0.39, 0.29) is 5.91 Å². The lowest BCUT2D eigenvalue weighted by Crippen LogP contribution is -2.45. The third kappa shape index (κ3) is 6.59. The quantitative estimate of drug-likeness (QED) is 0.470. The number of aryl methyl sites for hydroxylation is 2. The number of hydrogen-bond acceptors (Lipinski definition) is 4. The molecule has 3 amide bonds. The van der Waals surface area contributed by atoms with Crippen LogP contribution in [0.5, 0.6) is 0 Å². The Morgan fingerprint density at radius 3 is 2.34 bits per heavy atom. The van der Waals surface area contributed by atoms with Gasteiger partial charge >= 0.3 is 6.03 Å². The van der Waals surface area contributed by atoms with Gasteiger partial charge in [-0.3, -0.25) is 9.78 Å². The molecule has 0 aliphatic carbocycles. The predicted octanol–water partition coefficient (Wildman–Crippen LogP) is 4.59. The molecule has 0 radical (unpaired) electrons. The summed E-state index contributed by atoms with van der Waals surface area (Å²) in [6.45, 7) is 6.42. The Kier molecular flexibility index (Phi) is 7.98. The lowest BCUT2D eigenvalue weighted by Gasteiger charge is -2.33. The molecule has 1 saturated heterocycles. The average molecular weight is 472 g/mol. The van der Waals surface area contributed by atoms with Crippen LogP contribution in [-0.2, 0) is 4.79 Å². The molecule has 7 heteroatoms. The van der Waals surface area contributed by atoms with E-state index in [1.165, 1.54) is 5.69 Å². The first-order valence-corrected chi connectivity index (χ1v) is 12.1. The number of urea groups is 1. The number of pyridine rings is 1. The Morgan fingerprint density at radius 2 is 1.66 bits per heavy atom. The zero-order chi connectivity index (χ0) is 24.6. The van der Waals surface area contributed by atoms with Gasteiger partial charge in [0.25, 0.3) is 0 Å². The summed E-state index contributed by atoms with van der Waals surface area (Å²) in [6, 6.07) is 18.1. The predicted molar refractivity (Wildman–Crippen MR) is 139 cm³/mol. The Balaban J connectivity index is 1.36. The van der Waals surface area contributed by atoms with Crippen LogP contribution in [0.3, 0.4) is 0 Å². The van der Waals surface area contributed by atoms with E-state index in [2.05, 4.69) is 25.8 Å². The second-order valence-corrected chi connectivity index (χ2v) is 9.14. The normalized spacial score (nSPS) is 14.7. The number of carbonyl (C=O) groups is 2. The van der Waals surface area contributed by atoms with Crippen molar-refractivity contribution >= 4 is 23.3 Å². The molecule has 2 heterocycles. The SMILES string of the molecule is Cc1ccc(NC(=O)NC(C(=O)NCC2CCN(c3ccncc3)CC2)c2ccccc2C)cc1. The van der Waals surface area contributed by atoms with Crippen LogP contribution < -0.4 is 20.9 Å². The number of nitrogens with zero attached hydrogens (tertiary/aromatic N) is 2. The number of amides is 3. The van der Waals surface area contributed by atoms with Crippen molar-refractivity contribution in [2.24, 2.45) is 5.92 Å². The summed E-state index contributed by atoms with van der Waals surface area (Å²) < 4.78 is 0. The van der Waals surface area contributed by atoms with Gasteiger partial charge in [0.15, 0.2) is 0 Å². The van der Waals surface area contributed by atoms with Crippen molar-refractivity contribution in [2.45, 2.75) is 32.7 Å². The molecular weight excluding hydrogens is 438 g/mol. The molecule has 1 unspecified atom stereocenters. The molecule has 1 atom stereocenters. The summed E-state index contributed by atoms with van der Waals surface area (Å²) in [5.74, 6) is 0.200. The highest BCUT2D eigenvalue weighted by molar-refractivity contribution is 5.94. The van der Waals surface area contributed by atoms with Crippen molar-refractivity contribution in [2.75, 3.05) is 29.9 Å². The minimum absolute atomic E-state index is 0.199. The molecule has 4 rings (SSSR count). The van der Waals surface area contributed by atoms with Gasteiger partial charge < -0.3 is 20.9 Å². The summed E-state index contributed by atoms with van der Waals surface area (Å²) in [5, 5.41) is 8.81. The highest BCUT2D eigenvalue weighted by Gasteiger charge is 2.26. The van der Waals surface area contributed by atoms with E-state index >= 15 is 0 Å². The van der Waals surface area contributed by atoms with Gasteiger partial charge in [0.1, 0.15) is 6.04 Å². The molecule has 1 fully saturated rings. The first-order valence-electron chi connectivity index (χ1n) is 12.1. The Hall–Kier alpha value is -3.87. The van der Waals surface area contributed by atoms with Gasteiger partial charge in [-0.2, -0.15) is 0 Å². The highest BCUT2D eigenvalue weighted by atomic mass is 16.2.